The van der Waals surface area contributed by atoms with E-state index in [1.165, 1.54) is 4.36 Å². The van der Waals surface area contributed by atoms with E-state index in [1.54, 1.807) is 0 Å². The quantitative estimate of drug-likeness (QED) is 0.210. The van der Waals surface area contributed by atoms with Crippen LogP contribution in [0.2, 0.25) is 0 Å². The van der Waals surface area contributed by atoms with Gasteiger partial charge in [0.2, 0.25) is 0 Å². The normalized spacial score (nSPS) is 13.8. The van der Waals surface area contributed by atoms with Crippen LogP contribution in [0.15, 0.2) is 102 Å². The van der Waals surface area contributed by atoms with Crippen LogP contribution in [0.4, 0.5) is 0 Å². The van der Waals surface area contributed by atoms with Crippen molar-refractivity contribution in [3.63, 3.8) is 0 Å². The van der Waals surface area contributed by atoms with Gasteiger partial charge in [0.25, 0.3) is 11.0 Å². The summed E-state index contributed by atoms with van der Waals surface area (Å²) < 4.78 is 1.33. The Morgan fingerprint density at radius 1 is 0.595 bits per heavy atom. The maximum absolute atomic E-state index is 12.3. The zero-order valence-electron chi connectivity index (χ0n) is 22.2. The van der Waals surface area contributed by atoms with Gasteiger partial charge in [-0.15, -0.1) is 0 Å². The molecule has 194 valence electrons. The fourth-order valence-corrected chi connectivity index (χ4v) is 6.94. The molecular formula is C36H20N6. The summed E-state index contributed by atoms with van der Waals surface area (Å²) in [6.45, 7) is 0. The predicted octanol–water partition coefficient (Wildman–Crippen LogP) is 6.63. The lowest BCUT2D eigenvalue weighted by atomic mass is 10.0. The van der Waals surface area contributed by atoms with Gasteiger partial charge in [-0.3, -0.25) is 0 Å². The van der Waals surface area contributed by atoms with Gasteiger partial charge in [-0.2, -0.15) is 0 Å². The number of aromatic amines is 2. The first-order valence-corrected chi connectivity index (χ1v) is 14.0. The molecule has 6 heterocycles. The van der Waals surface area contributed by atoms with E-state index in [1.807, 2.05) is 36.4 Å². The molecule has 0 spiro atoms. The number of aliphatic imine (C=N–C) groups is 1. The molecule has 3 aliphatic heterocycles. The Balaban J connectivity index is 1.52. The van der Waals surface area contributed by atoms with Crippen LogP contribution >= 0.6 is 0 Å². The van der Waals surface area contributed by atoms with Crippen LogP contribution in [0, 0.1) is 10.7 Å². The molecule has 3 aliphatic rings. The largest absolute Gasteiger partial charge is 0.493 e. The molecule has 0 unspecified atom stereocenters. The molecule has 0 atom stereocenters. The second-order valence-electron chi connectivity index (χ2n) is 11.0. The summed E-state index contributed by atoms with van der Waals surface area (Å²) in [5, 5.41) is 6.47. The van der Waals surface area contributed by atoms with Crippen molar-refractivity contribution in [3.05, 3.63) is 135 Å². The van der Waals surface area contributed by atoms with Gasteiger partial charge >= 0.3 is 0 Å². The average molecular weight is 537 g/mol. The van der Waals surface area contributed by atoms with Crippen LogP contribution in [0.1, 0.15) is 16.8 Å². The molecule has 0 aliphatic carbocycles. The zero-order chi connectivity index (χ0) is 27.5. The second kappa shape index (κ2) is 7.65. The lowest BCUT2D eigenvalue weighted by Gasteiger charge is -2.02. The minimum absolute atomic E-state index is 0.622. The Morgan fingerprint density at radius 3 is 2.05 bits per heavy atom. The summed E-state index contributed by atoms with van der Waals surface area (Å²) in [6.07, 6.45) is 4.24. The van der Waals surface area contributed by atoms with Crippen molar-refractivity contribution in [1.29, 1.82) is 0 Å². The minimum atomic E-state index is 0.622. The average Bonchev–Trinajstić information content (AvgIpc) is 3.76. The molecule has 42 heavy (non-hydrogen) atoms. The Bertz CT molecular complexity index is 2650. The monoisotopic (exact) mass is 536 g/mol. The van der Waals surface area contributed by atoms with Crippen LogP contribution in [-0.2, 0) is 0 Å². The molecule has 4 aromatic carbocycles. The highest BCUT2D eigenvalue weighted by molar-refractivity contribution is 6.28. The van der Waals surface area contributed by atoms with Crippen LogP contribution < -0.4 is 9.71 Å². The first-order chi connectivity index (χ1) is 20.7. The first-order valence-electron chi connectivity index (χ1n) is 14.0. The van der Waals surface area contributed by atoms with Gasteiger partial charge in [-0.05, 0) is 12.2 Å². The number of nitrogens with one attached hydrogen (secondary N) is 2. The molecule has 6 heteroatoms. The fraction of sp³-hybridized carbons (Fsp3) is 0. The Hall–Kier alpha value is -5.88. The third-order valence-electron chi connectivity index (χ3n) is 8.78. The van der Waals surface area contributed by atoms with E-state index in [0.717, 1.165) is 88.7 Å². The molecule has 10 rings (SSSR count). The summed E-state index contributed by atoms with van der Waals surface area (Å²) in [5.74, 6) is 0. The van der Waals surface area contributed by atoms with Crippen LogP contribution in [-0.4, -0.2) is 20.7 Å². The van der Waals surface area contributed by atoms with E-state index in [-0.39, 0.29) is 0 Å². The highest BCUT2D eigenvalue weighted by atomic mass is 15.1. The number of H-pyrrole nitrogens is 2. The van der Waals surface area contributed by atoms with Crippen LogP contribution in [0.3, 0.4) is 0 Å². The predicted molar refractivity (Wildman–Crippen MR) is 166 cm³/mol. The number of hydrogen-bond donors (Lipinski definition) is 2. The summed E-state index contributed by atoms with van der Waals surface area (Å²) in [5.41, 5.74) is 22.1. The Kier molecular flexibility index (Phi) is 3.98. The van der Waals surface area contributed by atoms with E-state index >= 15 is 0 Å². The van der Waals surface area contributed by atoms with Gasteiger partial charge in [0, 0.05) is 54.8 Å². The second-order valence-corrected chi connectivity index (χ2v) is 11.0. The van der Waals surface area contributed by atoms with Crippen molar-refractivity contribution in [1.82, 2.24) is 15.0 Å². The molecule has 0 radical (unpaired) electrons. The molecule has 0 fully saturated rings. The lowest BCUT2D eigenvalue weighted by molar-refractivity contribution is -0.493. The highest BCUT2D eigenvalue weighted by Gasteiger charge is 2.32. The van der Waals surface area contributed by atoms with Gasteiger partial charge in [0.1, 0.15) is 22.4 Å². The van der Waals surface area contributed by atoms with E-state index in [4.69, 9.17) is 9.98 Å². The van der Waals surface area contributed by atoms with Gasteiger partial charge < -0.3 is 15.5 Å². The zero-order valence-corrected chi connectivity index (χ0v) is 22.2. The summed E-state index contributed by atoms with van der Waals surface area (Å²) >= 11 is 0. The van der Waals surface area contributed by atoms with Crippen molar-refractivity contribution < 1.29 is 4.36 Å². The molecular weight excluding hydrogens is 516 g/mol. The van der Waals surface area contributed by atoms with Gasteiger partial charge in [-0.1, -0.05) is 97.1 Å². The van der Waals surface area contributed by atoms with E-state index in [2.05, 4.69) is 82.8 Å². The van der Waals surface area contributed by atoms with E-state index in [0.29, 0.717) is 11.0 Å². The molecule has 0 saturated heterocycles. The van der Waals surface area contributed by atoms with Crippen LogP contribution in [0.25, 0.3) is 78.8 Å². The SMILES string of the molecule is [N-]=[n+]1c2c3nc(c1=c1[nH]c(c4ccccc14)=CC1=NC(=Cc4[nH]c-2c2ccccc42)c2ccccc21)-c1ccccc1-3. The molecule has 7 aromatic rings. The number of hydrogen-bond acceptors (Lipinski definition) is 2. The van der Waals surface area contributed by atoms with Gasteiger partial charge in [-0.25, -0.2) is 14.3 Å². The summed E-state index contributed by atoms with van der Waals surface area (Å²) in [7, 11) is 0. The highest BCUT2D eigenvalue weighted by Crippen LogP contribution is 2.43. The standard InChI is InChI=1S/C36H20N6/c37-42-35-31-23-13-5-3-11-21(23)29(39-31)17-27-19-9-1-2-10-20(19)28(38-27)18-30-22-12-4-6-14-24(22)32(40-30)36(42)34-26-16-8-7-15-25(26)33(35)41-34/h1-18,39-40H. The number of benzene rings is 4. The topological polar surface area (TPSA) is 85.0 Å². The molecule has 0 amide bonds. The van der Waals surface area contributed by atoms with Crippen LogP contribution in [0.5, 0.6) is 0 Å². The molecule has 2 N–H and O–H groups in total. The smallest absolute Gasteiger partial charge is 0.251 e. The molecule has 3 aromatic heterocycles. The summed E-state index contributed by atoms with van der Waals surface area (Å²) in [6, 6.07) is 33.1. The van der Waals surface area contributed by atoms with Crippen molar-refractivity contribution in [2.75, 3.05) is 0 Å². The molecule has 6 nitrogen and oxygen atoms in total. The van der Waals surface area contributed by atoms with Crippen molar-refractivity contribution >= 4 is 45.1 Å². The number of aromatic nitrogens is 4. The fourth-order valence-electron chi connectivity index (χ4n) is 6.94. The first kappa shape index (κ1) is 21.9. The number of rotatable bonds is 0. The van der Waals surface area contributed by atoms with Gasteiger partial charge in [0.05, 0.1) is 11.4 Å². The van der Waals surface area contributed by atoms with Gasteiger partial charge in [0.15, 0.2) is 0 Å². The third-order valence-corrected chi connectivity index (χ3v) is 8.78. The van der Waals surface area contributed by atoms with E-state index < -0.39 is 0 Å². The van der Waals surface area contributed by atoms with Crippen molar-refractivity contribution in [2.45, 2.75) is 0 Å². The maximum atomic E-state index is 12.3. The minimum Gasteiger partial charge on any atom is -0.493 e. The van der Waals surface area contributed by atoms with Crippen molar-refractivity contribution in [3.8, 4) is 33.9 Å². The third kappa shape index (κ3) is 2.68. The summed E-state index contributed by atoms with van der Waals surface area (Å²) in [4.78, 5) is 17.7. The number of nitrogens with zero attached hydrogens (tertiary/aromatic N) is 4. The number of fused-ring (bicyclic) bond motifs is 24. The van der Waals surface area contributed by atoms with Crippen molar-refractivity contribution in [2.24, 2.45) is 4.99 Å². The molecule has 0 saturated carbocycles. The Morgan fingerprint density at radius 2 is 1.24 bits per heavy atom. The van der Waals surface area contributed by atoms with E-state index in [9.17, 15) is 5.53 Å². The Labute approximate surface area is 238 Å². The lowest BCUT2D eigenvalue weighted by Crippen LogP contribution is -2.22. The molecule has 10 bridgehead atoms. The maximum Gasteiger partial charge on any atom is 0.251 e.